The van der Waals surface area contributed by atoms with Crippen molar-refractivity contribution < 1.29 is 0 Å². The van der Waals surface area contributed by atoms with Crippen LogP contribution < -0.4 is 5.32 Å². The number of rotatable bonds is 6. The van der Waals surface area contributed by atoms with Crippen molar-refractivity contribution >= 4 is 0 Å². The molecule has 1 aromatic heterocycles. The maximum atomic E-state index is 4.26. The number of likely N-dealkylation sites (tertiary alicyclic amines) is 1. The van der Waals surface area contributed by atoms with Gasteiger partial charge in [0.25, 0.3) is 0 Å². The van der Waals surface area contributed by atoms with Gasteiger partial charge in [0.2, 0.25) is 0 Å². The molecule has 1 N–H and O–H groups in total. The largest absolute Gasteiger partial charge is 0.307 e. The van der Waals surface area contributed by atoms with Crippen molar-refractivity contribution in [2.24, 2.45) is 0 Å². The first-order valence-corrected chi connectivity index (χ1v) is 8.16. The Kier molecular flexibility index (Phi) is 5.51. The fourth-order valence-corrected chi connectivity index (χ4v) is 2.89. The molecule has 0 radical (unpaired) electrons. The van der Waals surface area contributed by atoms with E-state index >= 15 is 0 Å². The second kappa shape index (κ2) is 8.01. The van der Waals surface area contributed by atoms with Crippen LogP contribution >= 0.6 is 0 Å². The summed E-state index contributed by atoms with van der Waals surface area (Å²) in [6.07, 6.45) is 9.33. The number of aromatic nitrogens is 2. The van der Waals surface area contributed by atoms with E-state index in [9.17, 15) is 0 Å². The molecule has 1 aromatic carbocycles. The van der Waals surface area contributed by atoms with Gasteiger partial charge in [-0.1, -0.05) is 30.7 Å². The summed E-state index contributed by atoms with van der Waals surface area (Å²) in [5, 5.41) is 3.41. The third-order valence-electron chi connectivity index (χ3n) is 4.13. The monoisotopic (exact) mass is 296 g/mol. The summed E-state index contributed by atoms with van der Waals surface area (Å²) in [5.41, 5.74) is 3.70. The second-order valence-electron chi connectivity index (χ2n) is 5.95. The van der Waals surface area contributed by atoms with Crippen LogP contribution in [0.15, 0.2) is 42.9 Å². The Bertz CT molecular complexity index is 547. The summed E-state index contributed by atoms with van der Waals surface area (Å²) in [6, 6.07) is 8.97. The van der Waals surface area contributed by atoms with Crippen LogP contribution in [-0.4, -0.2) is 28.0 Å². The summed E-state index contributed by atoms with van der Waals surface area (Å²) in [6.45, 7) is 5.21. The Morgan fingerprint density at radius 2 is 1.68 bits per heavy atom. The van der Waals surface area contributed by atoms with Gasteiger partial charge in [-0.15, -0.1) is 0 Å². The van der Waals surface area contributed by atoms with Crippen molar-refractivity contribution in [1.82, 2.24) is 20.2 Å². The molecule has 3 rings (SSSR count). The first-order chi connectivity index (χ1) is 10.9. The minimum Gasteiger partial charge on any atom is -0.307 e. The predicted molar refractivity (Wildman–Crippen MR) is 88.1 cm³/mol. The first kappa shape index (κ1) is 15.1. The number of hydrogen-bond acceptors (Lipinski definition) is 4. The number of benzene rings is 1. The maximum Gasteiger partial charge on any atom is 0.0724 e. The van der Waals surface area contributed by atoms with Crippen LogP contribution in [0.3, 0.4) is 0 Å². The lowest BCUT2D eigenvalue weighted by molar-refractivity contribution is 0.221. The molecule has 4 heteroatoms. The van der Waals surface area contributed by atoms with Crippen LogP contribution in [0.25, 0.3) is 0 Å². The molecular weight excluding hydrogens is 272 g/mol. The Labute approximate surface area is 132 Å². The SMILES string of the molecule is c1cnc(CNCc2ccc(CN3CCCCC3)cc2)cn1. The van der Waals surface area contributed by atoms with Crippen LogP contribution in [0.5, 0.6) is 0 Å². The Balaban J connectivity index is 1.44. The average molecular weight is 296 g/mol. The number of nitrogens with zero attached hydrogens (tertiary/aromatic N) is 3. The van der Waals surface area contributed by atoms with E-state index in [0.717, 1.165) is 25.3 Å². The van der Waals surface area contributed by atoms with Crippen LogP contribution in [-0.2, 0) is 19.6 Å². The van der Waals surface area contributed by atoms with Gasteiger partial charge < -0.3 is 5.32 Å². The molecule has 0 amide bonds. The predicted octanol–water partition coefficient (Wildman–Crippen LogP) is 2.75. The molecule has 1 fully saturated rings. The molecule has 2 aromatic rings. The number of piperidine rings is 1. The molecule has 4 nitrogen and oxygen atoms in total. The lowest BCUT2D eigenvalue weighted by Gasteiger charge is -2.26. The van der Waals surface area contributed by atoms with E-state index in [4.69, 9.17) is 0 Å². The van der Waals surface area contributed by atoms with E-state index in [1.165, 1.54) is 43.5 Å². The Hall–Kier alpha value is -1.78. The lowest BCUT2D eigenvalue weighted by Crippen LogP contribution is -2.29. The zero-order chi connectivity index (χ0) is 15.0. The van der Waals surface area contributed by atoms with E-state index in [-0.39, 0.29) is 0 Å². The molecule has 0 unspecified atom stereocenters. The quantitative estimate of drug-likeness (QED) is 0.890. The van der Waals surface area contributed by atoms with E-state index in [1.807, 2.05) is 0 Å². The molecule has 0 atom stereocenters. The molecule has 0 saturated carbocycles. The van der Waals surface area contributed by atoms with E-state index in [2.05, 4.69) is 44.5 Å². The fraction of sp³-hybridized carbons (Fsp3) is 0.444. The van der Waals surface area contributed by atoms with Crippen molar-refractivity contribution in [3.05, 3.63) is 59.7 Å². The highest BCUT2D eigenvalue weighted by Crippen LogP contribution is 2.13. The number of hydrogen-bond donors (Lipinski definition) is 1. The molecule has 0 bridgehead atoms. The van der Waals surface area contributed by atoms with Crippen LogP contribution in [0.2, 0.25) is 0 Å². The normalized spacial score (nSPS) is 15.8. The molecule has 1 aliphatic rings. The van der Waals surface area contributed by atoms with E-state index in [0.29, 0.717) is 0 Å². The summed E-state index contributed by atoms with van der Waals surface area (Å²) < 4.78 is 0. The van der Waals surface area contributed by atoms with Gasteiger partial charge in [-0.05, 0) is 37.1 Å². The van der Waals surface area contributed by atoms with E-state index < -0.39 is 0 Å². The maximum absolute atomic E-state index is 4.26. The fourth-order valence-electron chi connectivity index (χ4n) is 2.89. The van der Waals surface area contributed by atoms with Crippen LogP contribution in [0.1, 0.15) is 36.1 Å². The van der Waals surface area contributed by atoms with Gasteiger partial charge in [-0.25, -0.2) is 0 Å². The molecule has 22 heavy (non-hydrogen) atoms. The van der Waals surface area contributed by atoms with Crippen LogP contribution in [0, 0.1) is 0 Å². The van der Waals surface area contributed by atoms with Gasteiger partial charge in [-0.2, -0.15) is 0 Å². The van der Waals surface area contributed by atoms with Gasteiger partial charge >= 0.3 is 0 Å². The van der Waals surface area contributed by atoms with Crippen molar-refractivity contribution in [3.63, 3.8) is 0 Å². The lowest BCUT2D eigenvalue weighted by atomic mass is 10.1. The van der Waals surface area contributed by atoms with Crippen LogP contribution in [0.4, 0.5) is 0 Å². The van der Waals surface area contributed by atoms with Crippen molar-refractivity contribution in [2.45, 2.75) is 38.9 Å². The molecule has 2 heterocycles. The summed E-state index contributed by atoms with van der Waals surface area (Å²) >= 11 is 0. The minimum atomic E-state index is 0.753. The molecule has 0 spiro atoms. The molecule has 1 aliphatic heterocycles. The molecule has 0 aliphatic carbocycles. The molecule has 116 valence electrons. The first-order valence-electron chi connectivity index (χ1n) is 8.16. The smallest absolute Gasteiger partial charge is 0.0724 e. The zero-order valence-corrected chi connectivity index (χ0v) is 13.0. The van der Waals surface area contributed by atoms with Gasteiger partial charge in [0.1, 0.15) is 0 Å². The van der Waals surface area contributed by atoms with Gasteiger partial charge in [0, 0.05) is 38.2 Å². The highest BCUT2D eigenvalue weighted by Gasteiger charge is 2.10. The molecular formula is C18H24N4. The zero-order valence-electron chi connectivity index (χ0n) is 13.0. The van der Waals surface area contributed by atoms with Crippen molar-refractivity contribution in [1.29, 1.82) is 0 Å². The van der Waals surface area contributed by atoms with Crippen molar-refractivity contribution in [3.8, 4) is 0 Å². The molecule has 1 saturated heterocycles. The van der Waals surface area contributed by atoms with E-state index in [1.54, 1.807) is 18.6 Å². The average Bonchev–Trinajstić information content (AvgIpc) is 2.58. The summed E-state index contributed by atoms with van der Waals surface area (Å²) in [7, 11) is 0. The van der Waals surface area contributed by atoms with Gasteiger partial charge in [-0.3, -0.25) is 14.9 Å². The third kappa shape index (κ3) is 4.61. The topological polar surface area (TPSA) is 41.1 Å². The van der Waals surface area contributed by atoms with Crippen molar-refractivity contribution in [2.75, 3.05) is 13.1 Å². The highest BCUT2D eigenvalue weighted by atomic mass is 15.1. The van der Waals surface area contributed by atoms with Gasteiger partial charge in [0.15, 0.2) is 0 Å². The summed E-state index contributed by atoms with van der Waals surface area (Å²) in [4.78, 5) is 10.9. The second-order valence-corrected chi connectivity index (χ2v) is 5.95. The standard InChI is InChI=1S/C18H24N4/c1-2-10-22(11-3-1)15-17-6-4-16(5-7-17)12-20-14-18-13-19-8-9-21-18/h4-9,13,20H,1-3,10-12,14-15H2. The third-order valence-corrected chi connectivity index (χ3v) is 4.13. The Morgan fingerprint density at radius 1 is 0.909 bits per heavy atom. The number of nitrogens with one attached hydrogen (secondary N) is 1. The van der Waals surface area contributed by atoms with Gasteiger partial charge in [0.05, 0.1) is 5.69 Å². The Morgan fingerprint density at radius 3 is 2.41 bits per heavy atom. The minimum absolute atomic E-state index is 0.753. The highest BCUT2D eigenvalue weighted by molar-refractivity contribution is 5.22. The summed E-state index contributed by atoms with van der Waals surface area (Å²) in [5.74, 6) is 0.